The van der Waals surface area contributed by atoms with Crippen LogP contribution in [0.15, 0.2) is 24.3 Å². The maximum absolute atomic E-state index is 13.1. The number of alkyl halides is 2. The molecule has 1 fully saturated rings. The van der Waals surface area contributed by atoms with Crippen molar-refractivity contribution in [3.63, 3.8) is 0 Å². The Morgan fingerprint density at radius 2 is 1.95 bits per heavy atom. The highest BCUT2D eigenvalue weighted by Crippen LogP contribution is 2.37. The molecule has 0 amide bonds. The van der Waals surface area contributed by atoms with Crippen molar-refractivity contribution in [3.05, 3.63) is 29.8 Å². The van der Waals surface area contributed by atoms with Crippen LogP contribution < -0.4 is 4.74 Å². The van der Waals surface area contributed by atoms with E-state index in [1.54, 1.807) is 24.3 Å². The predicted octanol–water partition coefficient (Wildman–Crippen LogP) is 4.48. The Balaban J connectivity index is 2.06. The fourth-order valence-corrected chi connectivity index (χ4v) is 2.53. The van der Waals surface area contributed by atoms with Gasteiger partial charge in [0.05, 0.1) is 6.10 Å². The van der Waals surface area contributed by atoms with E-state index >= 15 is 0 Å². The average Bonchev–Trinajstić information content (AvgIpc) is 2.37. The summed E-state index contributed by atoms with van der Waals surface area (Å²) in [5, 5.41) is 0. The van der Waals surface area contributed by atoms with Gasteiger partial charge in [0, 0.05) is 24.3 Å². The van der Waals surface area contributed by atoms with Gasteiger partial charge in [0.25, 0.3) is 0 Å². The molecule has 20 heavy (non-hydrogen) atoms. The first-order valence-corrected chi connectivity index (χ1v) is 7.06. The molecule has 4 heteroatoms. The van der Waals surface area contributed by atoms with Gasteiger partial charge in [-0.1, -0.05) is 12.1 Å². The van der Waals surface area contributed by atoms with Crippen molar-refractivity contribution in [3.8, 4) is 5.75 Å². The predicted molar refractivity (Wildman–Crippen MR) is 73.4 cm³/mol. The Kier molecular flexibility index (Phi) is 4.41. The first-order valence-electron chi connectivity index (χ1n) is 7.06. The zero-order valence-corrected chi connectivity index (χ0v) is 11.9. The second kappa shape index (κ2) is 5.90. The minimum absolute atomic E-state index is 0.0359. The average molecular weight is 282 g/mol. The largest absolute Gasteiger partial charge is 0.491 e. The van der Waals surface area contributed by atoms with Crippen molar-refractivity contribution < 1.29 is 18.3 Å². The number of benzene rings is 1. The number of ketones is 1. The van der Waals surface area contributed by atoms with Crippen molar-refractivity contribution in [2.75, 3.05) is 0 Å². The van der Waals surface area contributed by atoms with Crippen LogP contribution in [0, 0.1) is 5.92 Å². The van der Waals surface area contributed by atoms with Gasteiger partial charge in [-0.25, -0.2) is 8.78 Å². The third-order valence-electron chi connectivity index (χ3n) is 3.58. The maximum Gasteiger partial charge on any atom is 0.248 e. The summed E-state index contributed by atoms with van der Waals surface area (Å²) in [7, 11) is 0. The lowest BCUT2D eigenvalue weighted by Gasteiger charge is -2.27. The quantitative estimate of drug-likeness (QED) is 0.761. The summed E-state index contributed by atoms with van der Waals surface area (Å²) < 4.78 is 31.8. The Labute approximate surface area is 118 Å². The molecule has 0 radical (unpaired) electrons. The number of hydrogen-bond acceptors (Lipinski definition) is 2. The maximum atomic E-state index is 13.1. The molecule has 1 aromatic rings. The van der Waals surface area contributed by atoms with E-state index in [-0.39, 0.29) is 43.5 Å². The number of carbonyl (C=O) groups is 1. The number of halogens is 2. The fourth-order valence-electron chi connectivity index (χ4n) is 2.53. The summed E-state index contributed by atoms with van der Waals surface area (Å²) in [4.78, 5) is 12.3. The third kappa shape index (κ3) is 3.78. The molecule has 1 aromatic carbocycles. The van der Waals surface area contributed by atoms with Crippen LogP contribution in [-0.4, -0.2) is 17.8 Å². The molecule has 0 saturated heterocycles. The lowest BCUT2D eigenvalue weighted by atomic mass is 9.82. The van der Waals surface area contributed by atoms with Crippen LogP contribution in [0.2, 0.25) is 0 Å². The number of Topliss-reactive ketones (excluding diaryl/α,β-unsaturated/α-hetero) is 1. The van der Waals surface area contributed by atoms with Crippen LogP contribution >= 0.6 is 0 Å². The highest BCUT2D eigenvalue weighted by Gasteiger charge is 2.37. The first kappa shape index (κ1) is 14.9. The molecule has 2 nitrogen and oxygen atoms in total. The summed E-state index contributed by atoms with van der Waals surface area (Å²) in [6.07, 6.45) is 0.188. The molecule has 2 rings (SSSR count). The first-order chi connectivity index (χ1) is 9.37. The molecule has 110 valence electrons. The van der Waals surface area contributed by atoms with E-state index in [9.17, 15) is 13.6 Å². The van der Waals surface area contributed by atoms with Gasteiger partial charge in [-0.3, -0.25) is 4.79 Å². The molecule has 1 aliphatic carbocycles. The van der Waals surface area contributed by atoms with E-state index in [4.69, 9.17) is 4.74 Å². The normalized spacial score (nSPS) is 19.1. The van der Waals surface area contributed by atoms with E-state index in [1.807, 2.05) is 13.8 Å². The minimum Gasteiger partial charge on any atom is -0.491 e. The molecular formula is C16H20F2O2. The monoisotopic (exact) mass is 282 g/mol. The third-order valence-corrected chi connectivity index (χ3v) is 3.58. The lowest BCUT2D eigenvalue weighted by molar-refractivity contribution is -0.0424. The van der Waals surface area contributed by atoms with Gasteiger partial charge >= 0.3 is 0 Å². The van der Waals surface area contributed by atoms with Gasteiger partial charge in [-0.05, 0) is 38.8 Å². The van der Waals surface area contributed by atoms with Crippen LogP contribution in [0.4, 0.5) is 8.78 Å². The van der Waals surface area contributed by atoms with Crippen molar-refractivity contribution in [1.29, 1.82) is 0 Å². The molecule has 0 unspecified atom stereocenters. The molecular weight excluding hydrogens is 262 g/mol. The molecule has 0 aromatic heterocycles. The van der Waals surface area contributed by atoms with Crippen molar-refractivity contribution >= 4 is 5.78 Å². The van der Waals surface area contributed by atoms with Gasteiger partial charge in [-0.2, -0.15) is 0 Å². The summed E-state index contributed by atoms with van der Waals surface area (Å²) in [6, 6.07) is 6.99. The summed E-state index contributed by atoms with van der Waals surface area (Å²) in [5.41, 5.74) is 0.554. The second-order valence-electron chi connectivity index (χ2n) is 5.69. The van der Waals surface area contributed by atoms with E-state index in [1.165, 1.54) is 0 Å². The SMILES string of the molecule is CC(C)Oc1cccc(C(=O)C2CCC(F)(F)CC2)c1. The number of hydrogen-bond donors (Lipinski definition) is 0. The molecule has 0 spiro atoms. The van der Waals surface area contributed by atoms with Crippen molar-refractivity contribution in [1.82, 2.24) is 0 Å². The van der Waals surface area contributed by atoms with Crippen molar-refractivity contribution in [2.45, 2.75) is 51.6 Å². The van der Waals surface area contributed by atoms with E-state index < -0.39 is 5.92 Å². The molecule has 1 aliphatic rings. The molecule has 0 aliphatic heterocycles. The highest BCUT2D eigenvalue weighted by molar-refractivity contribution is 5.98. The number of carbonyl (C=O) groups excluding carboxylic acids is 1. The molecule has 0 atom stereocenters. The zero-order chi connectivity index (χ0) is 14.8. The zero-order valence-electron chi connectivity index (χ0n) is 11.9. The van der Waals surface area contributed by atoms with Crippen molar-refractivity contribution in [2.24, 2.45) is 5.92 Å². The second-order valence-corrected chi connectivity index (χ2v) is 5.69. The van der Waals surface area contributed by atoms with Gasteiger partial charge in [0.15, 0.2) is 5.78 Å². The Morgan fingerprint density at radius 1 is 1.30 bits per heavy atom. The van der Waals surface area contributed by atoms with E-state index in [0.717, 1.165) is 0 Å². The van der Waals surface area contributed by atoms with E-state index in [0.29, 0.717) is 11.3 Å². The van der Waals surface area contributed by atoms with Crippen LogP contribution in [0.1, 0.15) is 49.9 Å². The topological polar surface area (TPSA) is 26.3 Å². The van der Waals surface area contributed by atoms with Crippen LogP contribution in [-0.2, 0) is 0 Å². The highest BCUT2D eigenvalue weighted by atomic mass is 19.3. The van der Waals surface area contributed by atoms with Gasteiger partial charge < -0.3 is 4.74 Å². The number of ether oxygens (including phenoxy) is 1. The number of rotatable bonds is 4. The van der Waals surface area contributed by atoms with Gasteiger partial charge in [0.2, 0.25) is 5.92 Å². The summed E-state index contributed by atoms with van der Waals surface area (Å²) in [6.45, 7) is 3.83. The molecule has 1 saturated carbocycles. The van der Waals surface area contributed by atoms with E-state index in [2.05, 4.69) is 0 Å². The van der Waals surface area contributed by atoms with Gasteiger partial charge in [0.1, 0.15) is 5.75 Å². The molecule has 0 N–H and O–H groups in total. The Bertz CT molecular complexity index is 473. The Morgan fingerprint density at radius 3 is 2.55 bits per heavy atom. The lowest BCUT2D eigenvalue weighted by Crippen LogP contribution is -2.28. The minimum atomic E-state index is -2.60. The molecule has 0 bridgehead atoms. The Hall–Kier alpha value is -1.45. The molecule has 0 heterocycles. The summed E-state index contributed by atoms with van der Waals surface area (Å²) >= 11 is 0. The fraction of sp³-hybridized carbons (Fsp3) is 0.562. The van der Waals surface area contributed by atoms with Crippen LogP contribution in [0.5, 0.6) is 5.75 Å². The van der Waals surface area contributed by atoms with Gasteiger partial charge in [-0.15, -0.1) is 0 Å². The standard InChI is InChI=1S/C16H20F2O2/c1-11(2)20-14-5-3-4-13(10-14)15(19)12-6-8-16(17,18)9-7-12/h3-5,10-12H,6-9H2,1-2H3. The van der Waals surface area contributed by atoms with Crippen LogP contribution in [0.25, 0.3) is 0 Å². The smallest absolute Gasteiger partial charge is 0.248 e. The van der Waals surface area contributed by atoms with Crippen LogP contribution in [0.3, 0.4) is 0 Å². The summed E-state index contributed by atoms with van der Waals surface area (Å²) in [5.74, 6) is -2.29.